The molecule has 5 rings (SSSR count). The van der Waals surface area contributed by atoms with E-state index in [4.69, 9.17) is 0 Å². The van der Waals surface area contributed by atoms with Gasteiger partial charge in [-0.15, -0.1) is 11.3 Å². The Kier molecular flexibility index (Phi) is 3.22. The molecular weight excluding hydrogens is 376 g/mol. The molecule has 0 spiro atoms. The van der Waals surface area contributed by atoms with Crippen LogP contribution in [0.1, 0.15) is 0 Å². The van der Waals surface area contributed by atoms with Gasteiger partial charge in [-0.25, -0.2) is 0 Å². The lowest BCUT2D eigenvalue weighted by Gasteiger charge is -2.13. The minimum absolute atomic E-state index is 1.20. The fourth-order valence-electron chi connectivity index (χ4n) is 3.49. The van der Waals surface area contributed by atoms with Crippen LogP contribution < -0.4 is 0 Å². The summed E-state index contributed by atoms with van der Waals surface area (Å²) in [6.07, 6.45) is 0. The Hall–Kier alpha value is -2.16. The van der Waals surface area contributed by atoms with E-state index in [0.29, 0.717) is 0 Å². The zero-order valence-electron chi connectivity index (χ0n) is 12.8. The van der Waals surface area contributed by atoms with Gasteiger partial charge >= 0.3 is 0 Å². The summed E-state index contributed by atoms with van der Waals surface area (Å²) in [6, 6.07) is 26.2. The SMILES string of the molecule is Brc1c2cc3ccccc3cc2c(-c2ccccc2)c2ccsc12. The molecule has 4 aromatic carbocycles. The van der Waals surface area contributed by atoms with Gasteiger partial charge in [0.05, 0.1) is 0 Å². The van der Waals surface area contributed by atoms with Crippen molar-refractivity contribution >= 4 is 58.9 Å². The van der Waals surface area contributed by atoms with Crippen LogP contribution in [0.25, 0.3) is 42.8 Å². The minimum atomic E-state index is 1.20. The molecule has 2 heteroatoms. The van der Waals surface area contributed by atoms with Crippen LogP contribution in [0.3, 0.4) is 0 Å². The van der Waals surface area contributed by atoms with Crippen LogP contribution in [0.5, 0.6) is 0 Å². The number of halogens is 1. The molecule has 114 valence electrons. The lowest BCUT2D eigenvalue weighted by atomic mass is 9.93. The molecule has 0 fully saturated rings. The second-order valence-corrected chi connectivity index (χ2v) is 7.67. The van der Waals surface area contributed by atoms with E-state index in [9.17, 15) is 0 Å². The summed E-state index contributed by atoms with van der Waals surface area (Å²) in [5, 5.41) is 8.64. The molecule has 0 saturated heterocycles. The van der Waals surface area contributed by atoms with Crippen molar-refractivity contribution in [3.63, 3.8) is 0 Å². The van der Waals surface area contributed by atoms with Gasteiger partial charge in [-0.05, 0) is 72.2 Å². The largest absolute Gasteiger partial charge is 0.143 e. The zero-order valence-corrected chi connectivity index (χ0v) is 15.2. The fourth-order valence-corrected chi connectivity index (χ4v) is 5.16. The van der Waals surface area contributed by atoms with Gasteiger partial charge in [0.25, 0.3) is 0 Å². The molecule has 1 heterocycles. The number of benzene rings is 4. The topological polar surface area (TPSA) is 0 Å². The molecule has 24 heavy (non-hydrogen) atoms. The molecular formula is C22H13BrS. The van der Waals surface area contributed by atoms with E-state index in [1.165, 1.54) is 47.2 Å². The Morgan fingerprint density at radius 2 is 1.33 bits per heavy atom. The molecule has 0 nitrogen and oxygen atoms in total. The standard InChI is InChI=1S/C22H13BrS/c23-21-19-13-16-9-5-4-8-15(16)12-18(19)20(14-6-2-1-3-7-14)17-10-11-24-22(17)21/h1-13H. The fraction of sp³-hybridized carbons (Fsp3) is 0. The Morgan fingerprint density at radius 1 is 0.667 bits per heavy atom. The van der Waals surface area contributed by atoms with Crippen molar-refractivity contribution in [2.45, 2.75) is 0 Å². The van der Waals surface area contributed by atoms with E-state index < -0.39 is 0 Å². The summed E-state index contributed by atoms with van der Waals surface area (Å²) in [4.78, 5) is 0. The number of fused-ring (bicyclic) bond motifs is 3. The van der Waals surface area contributed by atoms with Gasteiger partial charge in [0.15, 0.2) is 0 Å². The molecule has 0 radical (unpaired) electrons. The third-order valence-corrected chi connectivity index (χ3v) is 6.61. The van der Waals surface area contributed by atoms with Gasteiger partial charge in [-0.2, -0.15) is 0 Å². The monoisotopic (exact) mass is 388 g/mol. The van der Waals surface area contributed by atoms with E-state index in [1.54, 1.807) is 11.3 Å². The van der Waals surface area contributed by atoms with Crippen LogP contribution in [0, 0.1) is 0 Å². The van der Waals surface area contributed by atoms with E-state index in [-0.39, 0.29) is 0 Å². The quantitative estimate of drug-likeness (QED) is 0.259. The van der Waals surface area contributed by atoms with Gasteiger partial charge < -0.3 is 0 Å². The van der Waals surface area contributed by atoms with E-state index in [1.807, 2.05) is 0 Å². The van der Waals surface area contributed by atoms with E-state index in [2.05, 4.69) is 94.1 Å². The molecule has 0 saturated carbocycles. The molecule has 0 aliphatic heterocycles. The molecule has 0 amide bonds. The normalized spacial score (nSPS) is 11.5. The average molecular weight is 389 g/mol. The average Bonchev–Trinajstić information content (AvgIpc) is 3.11. The highest BCUT2D eigenvalue weighted by molar-refractivity contribution is 9.11. The lowest BCUT2D eigenvalue weighted by molar-refractivity contribution is 1.69. The first-order chi connectivity index (χ1) is 11.8. The molecule has 0 aliphatic rings. The molecule has 0 unspecified atom stereocenters. The molecule has 0 aliphatic carbocycles. The summed E-state index contributed by atoms with van der Waals surface area (Å²) < 4.78 is 2.52. The van der Waals surface area contributed by atoms with Crippen molar-refractivity contribution in [2.24, 2.45) is 0 Å². The van der Waals surface area contributed by atoms with Crippen molar-refractivity contribution in [3.05, 3.63) is 82.6 Å². The van der Waals surface area contributed by atoms with Crippen molar-refractivity contribution in [1.29, 1.82) is 0 Å². The smallest absolute Gasteiger partial charge is 0.0497 e. The van der Waals surface area contributed by atoms with E-state index in [0.717, 1.165) is 0 Å². The molecule has 5 aromatic rings. The lowest BCUT2D eigenvalue weighted by Crippen LogP contribution is -1.86. The third-order valence-electron chi connectivity index (χ3n) is 4.59. The van der Waals surface area contributed by atoms with Gasteiger partial charge in [-0.1, -0.05) is 54.6 Å². The predicted molar refractivity (Wildman–Crippen MR) is 110 cm³/mol. The maximum absolute atomic E-state index is 3.86. The Morgan fingerprint density at radius 3 is 2.08 bits per heavy atom. The minimum Gasteiger partial charge on any atom is -0.143 e. The molecule has 0 bridgehead atoms. The molecule has 0 atom stereocenters. The van der Waals surface area contributed by atoms with Gasteiger partial charge in [0.2, 0.25) is 0 Å². The van der Waals surface area contributed by atoms with Crippen molar-refractivity contribution in [3.8, 4) is 11.1 Å². The van der Waals surface area contributed by atoms with Gasteiger partial charge in [0, 0.05) is 14.6 Å². The van der Waals surface area contributed by atoms with Crippen LogP contribution in [-0.2, 0) is 0 Å². The molecule has 0 N–H and O–H groups in total. The Bertz CT molecular complexity index is 1200. The Balaban J connectivity index is 2.06. The summed E-state index contributed by atoms with van der Waals surface area (Å²) in [6.45, 7) is 0. The zero-order chi connectivity index (χ0) is 16.1. The highest BCUT2D eigenvalue weighted by atomic mass is 79.9. The van der Waals surface area contributed by atoms with Crippen LogP contribution in [0.4, 0.5) is 0 Å². The number of thiophene rings is 1. The van der Waals surface area contributed by atoms with Crippen molar-refractivity contribution in [1.82, 2.24) is 0 Å². The van der Waals surface area contributed by atoms with Crippen LogP contribution in [0.2, 0.25) is 0 Å². The Labute approximate surface area is 152 Å². The highest BCUT2D eigenvalue weighted by Crippen LogP contribution is 2.44. The maximum atomic E-state index is 3.86. The van der Waals surface area contributed by atoms with Crippen LogP contribution >= 0.6 is 27.3 Å². The number of hydrogen-bond acceptors (Lipinski definition) is 1. The third kappa shape index (κ3) is 2.03. The maximum Gasteiger partial charge on any atom is 0.0497 e. The van der Waals surface area contributed by atoms with Gasteiger partial charge in [-0.3, -0.25) is 0 Å². The van der Waals surface area contributed by atoms with Crippen molar-refractivity contribution < 1.29 is 0 Å². The first-order valence-electron chi connectivity index (χ1n) is 7.89. The first-order valence-corrected chi connectivity index (χ1v) is 9.57. The molecule has 1 aromatic heterocycles. The van der Waals surface area contributed by atoms with Gasteiger partial charge in [0.1, 0.15) is 0 Å². The summed E-state index contributed by atoms with van der Waals surface area (Å²) in [5.41, 5.74) is 2.60. The first kappa shape index (κ1) is 14.2. The van der Waals surface area contributed by atoms with Crippen LogP contribution in [0.15, 0.2) is 82.6 Å². The van der Waals surface area contributed by atoms with E-state index >= 15 is 0 Å². The van der Waals surface area contributed by atoms with Crippen molar-refractivity contribution in [2.75, 3.05) is 0 Å². The summed E-state index contributed by atoms with van der Waals surface area (Å²) >= 11 is 5.66. The summed E-state index contributed by atoms with van der Waals surface area (Å²) in [7, 11) is 0. The second kappa shape index (κ2) is 5.44. The number of rotatable bonds is 1. The predicted octanol–water partition coefficient (Wildman–Crippen LogP) is 7.64. The van der Waals surface area contributed by atoms with Crippen LogP contribution in [-0.4, -0.2) is 0 Å². The second-order valence-electron chi connectivity index (χ2n) is 5.96. The summed E-state index contributed by atoms with van der Waals surface area (Å²) in [5.74, 6) is 0. The highest BCUT2D eigenvalue weighted by Gasteiger charge is 2.15. The number of hydrogen-bond donors (Lipinski definition) is 0.